The minimum absolute atomic E-state index is 0.0125. The molecule has 0 N–H and O–H groups in total. The third-order valence-corrected chi connectivity index (χ3v) is 3.94. The molecule has 0 bridgehead atoms. The van der Waals surface area contributed by atoms with Gasteiger partial charge in [-0.2, -0.15) is 5.26 Å². The van der Waals surface area contributed by atoms with Crippen molar-refractivity contribution in [3.8, 4) is 6.07 Å². The molecule has 1 aliphatic rings. The van der Waals surface area contributed by atoms with Crippen LogP contribution in [-0.4, -0.2) is 17.4 Å². The van der Waals surface area contributed by atoms with Gasteiger partial charge in [0, 0.05) is 12.1 Å². The lowest BCUT2D eigenvalue weighted by molar-refractivity contribution is 0.0735. The lowest BCUT2D eigenvalue weighted by Crippen LogP contribution is -2.30. The van der Waals surface area contributed by atoms with Gasteiger partial charge in [-0.15, -0.1) is 0 Å². The lowest BCUT2D eigenvalue weighted by atomic mass is 10.0. The molecule has 1 amide bonds. The van der Waals surface area contributed by atoms with Gasteiger partial charge in [0.25, 0.3) is 5.91 Å². The molecular weight excluding hydrogens is 260 g/mol. The molecule has 3 nitrogen and oxygen atoms in total. The van der Waals surface area contributed by atoms with Crippen molar-refractivity contribution < 1.29 is 4.79 Å². The number of hydrogen-bond acceptors (Lipinski definition) is 2. The highest BCUT2D eigenvalue weighted by Crippen LogP contribution is 2.32. The number of carbonyl (C=O) groups excluding carboxylic acids is 1. The molecule has 0 spiro atoms. The topological polar surface area (TPSA) is 44.1 Å². The molecule has 1 unspecified atom stereocenters. The molecule has 1 saturated heterocycles. The van der Waals surface area contributed by atoms with Gasteiger partial charge in [-0.05, 0) is 36.6 Å². The Balaban J connectivity index is 1.88. The molecular formula is C18H16N2O. The van der Waals surface area contributed by atoms with Crippen molar-refractivity contribution in [2.45, 2.75) is 18.9 Å². The van der Waals surface area contributed by atoms with E-state index in [4.69, 9.17) is 5.26 Å². The summed E-state index contributed by atoms with van der Waals surface area (Å²) < 4.78 is 0. The average Bonchev–Trinajstić information content (AvgIpc) is 3.04. The van der Waals surface area contributed by atoms with E-state index in [9.17, 15) is 4.79 Å². The highest BCUT2D eigenvalue weighted by molar-refractivity contribution is 5.95. The van der Waals surface area contributed by atoms with Crippen molar-refractivity contribution in [2.24, 2.45) is 0 Å². The van der Waals surface area contributed by atoms with Crippen LogP contribution in [0.5, 0.6) is 0 Å². The summed E-state index contributed by atoms with van der Waals surface area (Å²) in [7, 11) is 0. The maximum atomic E-state index is 12.7. The van der Waals surface area contributed by atoms with E-state index in [1.54, 1.807) is 24.3 Å². The monoisotopic (exact) mass is 276 g/mol. The fraction of sp³-hybridized carbons (Fsp3) is 0.222. The van der Waals surface area contributed by atoms with E-state index in [0.29, 0.717) is 11.1 Å². The molecule has 0 saturated carbocycles. The van der Waals surface area contributed by atoms with Crippen LogP contribution in [0.2, 0.25) is 0 Å². The number of hydrogen-bond donors (Lipinski definition) is 0. The smallest absolute Gasteiger partial charge is 0.254 e. The summed E-state index contributed by atoms with van der Waals surface area (Å²) in [5.74, 6) is 0.0125. The molecule has 0 radical (unpaired) electrons. The number of amides is 1. The van der Waals surface area contributed by atoms with Crippen LogP contribution in [0.1, 0.15) is 40.4 Å². The van der Waals surface area contributed by atoms with Crippen molar-refractivity contribution in [2.75, 3.05) is 6.54 Å². The number of carbonyl (C=O) groups is 1. The molecule has 0 aromatic heterocycles. The van der Waals surface area contributed by atoms with E-state index in [1.165, 1.54) is 5.56 Å². The largest absolute Gasteiger partial charge is 0.332 e. The number of rotatable bonds is 2. The van der Waals surface area contributed by atoms with Gasteiger partial charge in [0.15, 0.2) is 0 Å². The van der Waals surface area contributed by atoms with E-state index in [-0.39, 0.29) is 11.9 Å². The minimum atomic E-state index is 0.0125. The van der Waals surface area contributed by atoms with Gasteiger partial charge in [0.2, 0.25) is 0 Å². The third-order valence-electron chi connectivity index (χ3n) is 3.94. The summed E-state index contributed by atoms with van der Waals surface area (Å²) in [6.07, 6.45) is 2.01. The van der Waals surface area contributed by atoms with E-state index >= 15 is 0 Å². The summed E-state index contributed by atoms with van der Waals surface area (Å²) in [5, 5.41) is 8.96. The maximum absolute atomic E-state index is 12.7. The van der Waals surface area contributed by atoms with E-state index in [1.807, 2.05) is 23.1 Å². The molecule has 1 atom stereocenters. The Morgan fingerprint density at radius 3 is 2.71 bits per heavy atom. The molecule has 0 aliphatic carbocycles. The van der Waals surface area contributed by atoms with Crippen LogP contribution >= 0.6 is 0 Å². The van der Waals surface area contributed by atoms with Crippen LogP contribution in [0.3, 0.4) is 0 Å². The molecule has 1 aliphatic heterocycles. The predicted octanol–water partition coefficient (Wildman–Crippen LogP) is 3.54. The lowest BCUT2D eigenvalue weighted by Gasteiger charge is -2.25. The second-order valence-electron chi connectivity index (χ2n) is 5.26. The molecule has 2 aromatic carbocycles. The fourth-order valence-corrected chi connectivity index (χ4v) is 2.92. The second kappa shape index (κ2) is 5.80. The van der Waals surface area contributed by atoms with Crippen LogP contribution in [0.25, 0.3) is 0 Å². The maximum Gasteiger partial charge on any atom is 0.254 e. The first kappa shape index (κ1) is 13.4. The summed E-state index contributed by atoms with van der Waals surface area (Å²) in [4.78, 5) is 14.6. The first-order valence-electron chi connectivity index (χ1n) is 7.15. The fourth-order valence-electron chi connectivity index (χ4n) is 2.92. The van der Waals surface area contributed by atoms with Crippen LogP contribution in [0, 0.1) is 11.3 Å². The number of benzene rings is 2. The average molecular weight is 276 g/mol. The zero-order valence-electron chi connectivity index (χ0n) is 11.7. The van der Waals surface area contributed by atoms with Gasteiger partial charge in [-0.3, -0.25) is 4.79 Å². The highest BCUT2D eigenvalue weighted by atomic mass is 16.2. The third kappa shape index (κ3) is 2.66. The summed E-state index contributed by atoms with van der Waals surface area (Å²) in [6.45, 7) is 0.773. The SMILES string of the molecule is N#Cc1cccc(C(=O)N2CCCC2c2ccccc2)c1. The van der Waals surface area contributed by atoms with Gasteiger partial charge < -0.3 is 4.90 Å². The predicted molar refractivity (Wildman–Crippen MR) is 80.6 cm³/mol. The Kier molecular flexibility index (Phi) is 3.70. The molecule has 3 rings (SSSR count). The van der Waals surface area contributed by atoms with E-state index < -0.39 is 0 Å². The van der Waals surface area contributed by atoms with Crippen molar-refractivity contribution in [1.82, 2.24) is 4.90 Å². The Hall–Kier alpha value is -2.60. The van der Waals surface area contributed by atoms with E-state index in [2.05, 4.69) is 18.2 Å². The van der Waals surface area contributed by atoms with Gasteiger partial charge in [-0.1, -0.05) is 36.4 Å². The van der Waals surface area contributed by atoms with E-state index in [0.717, 1.165) is 19.4 Å². The van der Waals surface area contributed by atoms with Gasteiger partial charge in [0.1, 0.15) is 0 Å². The van der Waals surface area contributed by atoms with Crippen molar-refractivity contribution in [3.05, 3.63) is 71.3 Å². The molecule has 1 fully saturated rings. The Bertz CT molecular complexity index is 688. The first-order chi connectivity index (χ1) is 10.3. The zero-order chi connectivity index (χ0) is 14.7. The second-order valence-corrected chi connectivity index (χ2v) is 5.26. The summed E-state index contributed by atoms with van der Waals surface area (Å²) in [5.41, 5.74) is 2.30. The first-order valence-corrected chi connectivity index (χ1v) is 7.15. The van der Waals surface area contributed by atoms with Crippen LogP contribution in [-0.2, 0) is 0 Å². The normalized spacial score (nSPS) is 17.5. The van der Waals surface area contributed by atoms with Crippen molar-refractivity contribution in [3.63, 3.8) is 0 Å². The Morgan fingerprint density at radius 1 is 1.14 bits per heavy atom. The van der Waals surface area contributed by atoms with Gasteiger partial charge >= 0.3 is 0 Å². The summed E-state index contributed by atoms with van der Waals surface area (Å²) >= 11 is 0. The van der Waals surface area contributed by atoms with Gasteiger partial charge in [0.05, 0.1) is 17.7 Å². The van der Waals surface area contributed by atoms with Crippen molar-refractivity contribution in [1.29, 1.82) is 5.26 Å². The highest BCUT2D eigenvalue weighted by Gasteiger charge is 2.30. The van der Waals surface area contributed by atoms with Gasteiger partial charge in [-0.25, -0.2) is 0 Å². The van der Waals surface area contributed by atoms with Crippen molar-refractivity contribution >= 4 is 5.91 Å². The molecule has 3 heteroatoms. The number of nitrogens with zero attached hydrogens (tertiary/aromatic N) is 2. The molecule has 21 heavy (non-hydrogen) atoms. The van der Waals surface area contributed by atoms with Crippen LogP contribution in [0.4, 0.5) is 0 Å². The minimum Gasteiger partial charge on any atom is -0.332 e. The quantitative estimate of drug-likeness (QED) is 0.842. The zero-order valence-corrected chi connectivity index (χ0v) is 11.7. The Labute approximate surface area is 124 Å². The standard InChI is InChI=1S/C18H16N2O/c19-13-14-6-4-9-16(12-14)18(21)20-11-5-10-17(20)15-7-2-1-3-8-15/h1-4,6-9,12,17H,5,10-11H2. The molecule has 2 aromatic rings. The summed E-state index contributed by atoms with van der Waals surface area (Å²) in [6, 6.07) is 19.3. The molecule has 104 valence electrons. The van der Waals surface area contributed by atoms with Crippen LogP contribution in [0.15, 0.2) is 54.6 Å². The molecule has 1 heterocycles. The Morgan fingerprint density at radius 2 is 1.95 bits per heavy atom. The number of likely N-dealkylation sites (tertiary alicyclic amines) is 1. The van der Waals surface area contributed by atoms with Crippen LogP contribution < -0.4 is 0 Å². The number of nitriles is 1.